The number of halogens is 1. The zero-order valence-corrected chi connectivity index (χ0v) is 18.0. The second-order valence-corrected chi connectivity index (χ2v) is 7.83. The monoisotopic (exact) mass is 476 g/mol. The number of nitrogens with zero attached hydrogens (tertiary/aromatic N) is 1. The van der Waals surface area contributed by atoms with Crippen LogP contribution in [0.15, 0.2) is 82.8 Å². The Morgan fingerprint density at radius 2 is 1.71 bits per heavy atom. The molecule has 7 heteroatoms. The highest BCUT2D eigenvalue weighted by Gasteiger charge is 2.34. The molecule has 0 spiro atoms. The molecule has 1 aliphatic heterocycles. The number of para-hydroxylation sites is 1. The van der Waals surface area contributed by atoms with Crippen LogP contribution in [-0.4, -0.2) is 17.8 Å². The van der Waals surface area contributed by atoms with Crippen LogP contribution in [0.25, 0.3) is 6.08 Å². The Kier molecular flexibility index (Phi) is 5.68. The van der Waals surface area contributed by atoms with E-state index in [9.17, 15) is 14.4 Å². The van der Waals surface area contributed by atoms with Gasteiger partial charge < -0.3 is 4.74 Å². The van der Waals surface area contributed by atoms with Crippen LogP contribution < -0.4 is 15.2 Å². The first-order valence-corrected chi connectivity index (χ1v) is 10.2. The number of hydrogen-bond donors (Lipinski definition) is 1. The van der Waals surface area contributed by atoms with Gasteiger partial charge in [-0.2, -0.15) is 0 Å². The number of benzene rings is 3. The third-order valence-corrected chi connectivity index (χ3v) is 5.16. The lowest BCUT2D eigenvalue weighted by atomic mass is 10.1. The van der Waals surface area contributed by atoms with E-state index in [0.29, 0.717) is 21.3 Å². The van der Waals surface area contributed by atoms with Crippen molar-refractivity contribution in [1.82, 2.24) is 5.43 Å². The summed E-state index contributed by atoms with van der Waals surface area (Å²) in [5.74, 6) is -1.33. The normalized spacial score (nSPS) is 14.6. The van der Waals surface area contributed by atoms with Crippen molar-refractivity contribution in [1.29, 1.82) is 0 Å². The highest BCUT2D eigenvalue weighted by molar-refractivity contribution is 9.10. The molecule has 0 atom stereocenters. The van der Waals surface area contributed by atoms with Gasteiger partial charge in [-0.25, -0.2) is 9.80 Å². The molecule has 154 valence electrons. The Hall–Kier alpha value is -3.71. The Morgan fingerprint density at radius 1 is 1.00 bits per heavy atom. The minimum absolute atomic E-state index is 0.0606. The summed E-state index contributed by atoms with van der Waals surface area (Å²) in [6.07, 6.45) is 1.42. The highest BCUT2D eigenvalue weighted by atomic mass is 79.9. The minimum atomic E-state index is -0.537. The zero-order chi connectivity index (χ0) is 22.0. The number of hydrazine groups is 1. The van der Waals surface area contributed by atoms with Crippen molar-refractivity contribution in [2.45, 2.75) is 6.92 Å². The molecule has 1 saturated heterocycles. The molecule has 1 N–H and O–H groups in total. The van der Waals surface area contributed by atoms with Crippen LogP contribution in [0.5, 0.6) is 5.75 Å². The average Bonchev–Trinajstić information content (AvgIpc) is 3.05. The number of carbonyl (C=O) groups is 3. The molecular weight excluding hydrogens is 460 g/mol. The molecule has 1 heterocycles. The summed E-state index contributed by atoms with van der Waals surface area (Å²) in [6, 6.07) is 20.8. The number of aryl methyl sites for hydroxylation is 1. The van der Waals surface area contributed by atoms with Gasteiger partial charge in [0.1, 0.15) is 11.3 Å². The molecule has 3 aromatic carbocycles. The summed E-state index contributed by atoms with van der Waals surface area (Å²) in [5.41, 5.74) is 4.89. The summed E-state index contributed by atoms with van der Waals surface area (Å²) in [7, 11) is 0. The number of nitrogens with one attached hydrogen (secondary N) is 1. The Balaban J connectivity index is 1.65. The Morgan fingerprint density at radius 3 is 2.42 bits per heavy atom. The number of esters is 1. The van der Waals surface area contributed by atoms with Gasteiger partial charge in [0.05, 0.1) is 11.3 Å². The molecule has 0 saturated carbocycles. The molecule has 2 amide bonds. The van der Waals surface area contributed by atoms with E-state index in [4.69, 9.17) is 4.74 Å². The quantitative estimate of drug-likeness (QED) is 0.261. The molecule has 3 aromatic rings. The van der Waals surface area contributed by atoms with Gasteiger partial charge in [0, 0.05) is 10.0 Å². The predicted molar refractivity (Wildman–Crippen MR) is 120 cm³/mol. The molecule has 0 unspecified atom stereocenters. The van der Waals surface area contributed by atoms with Gasteiger partial charge in [0.2, 0.25) is 0 Å². The molecule has 0 aliphatic carbocycles. The van der Waals surface area contributed by atoms with E-state index in [2.05, 4.69) is 21.4 Å². The van der Waals surface area contributed by atoms with Crippen LogP contribution in [0.1, 0.15) is 21.5 Å². The average molecular weight is 477 g/mol. The summed E-state index contributed by atoms with van der Waals surface area (Å²) in [4.78, 5) is 37.9. The molecule has 0 bridgehead atoms. The molecule has 6 nitrogen and oxygen atoms in total. The summed E-state index contributed by atoms with van der Waals surface area (Å²) in [5, 5.41) is 1.18. The Labute approximate surface area is 187 Å². The fourth-order valence-electron chi connectivity index (χ4n) is 3.05. The second-order valence-electron chi connectivity index (χ2n) is 6.91. The Bertz CT molecular complexity index is 1200. The number of hydrogen-bond acceptors (Lipinski definition) is 4. The number of carbonyl (C=O) groups excluding carboxylic acids is 3. The smallest absolute Gasteiger partial charge is 0.343 e. The van der Waals surface area contributed by atoms with Crippen molar-refractivity contribution in [2.24, 2.45) is 0 Å². The number of anilines is 1. The summed E-state index contributed by atoms with van der Waals surface area (Å²) < 4.78 is 6.27. The van der Waals surface area contributed by atoms with Crippen LogP contribution in [0.3, 0.4) is 0 Å². The standard InChI is InChI=1S/C24H17BrN2O4/c1-15-7-9-16(10-8-15)24(30)31-21-12-11-18(25)13-17(21)14-20-22(28)26-27(23(20)29)19-5-3-2-4-6-19/h2-14H,1H3,(H,26,28). The number of ether oxygens (including phenoxy) is 1. The maximum Gasteiger partial charge on any atom is 0.343 e. The number of rotatable bonds is 4. The molecule has 4 rings (SSSR count). The van der Waals surface area contributed by atoms with Crippen LogP contribution in [0.4, 0.5) is 5.69 Å². The van der Waals surface area contributed by atoms with Gasteiger partial charge in [-0.3, -0.25) is 15.0 Å². The summed E-state index contributed by atoms with van der Waals surface area (Å²) in [6.45, 7) is 1.93. The van der Waals surface area contributed by atoms with Crippen LogP contribution in [0, 0.1) is 6.92 Å². The zero-order valence-electron chi connectivity index (χ0n) is 16.5. The van der Waals surface area contributed by atoms with Crippen LogP contribution >= 0.6 is 15.9 Å². The molecule has 31 heavy (non-hydrogen) atoms. The third kappa shape index (κ3) is 4.41. The lowest BCUT2D eigenvalue weighted by Gasteiger charge is -2.14. The van der Waals surface area contributed by atoms with E-state index >= 15 is 0 Å². The van der Waals surface area contributed by atoms with Gasteiger partial charge in [0.15, 0.2) is 0 Å². The van der Waals surface area contributed by atoms with Crippen molar-refractivity contribution in [3.05, 3.63) is 99.5 Å². The van der Waals surface area contributed by atoms with Crippen molar-refractivity contribution >= 4 is 45.5 Å². The topological polar surface area (TPSA) is 75.7 Å². The first kappa shape index (κ1) is 20.6. The van der Waals surface area contributed by atoms with Crippen molar-refractivity contribution in [3.8, 4) is 5.75 Å². The largest absolute Gasteiger partial charge is 0.422 e. The third-order valence-electron chi connectivity index (χ3n) is 4.67. The fourth-order valence-corrected chi connectivity index (χ4v) is 3.42. The fraction of sp³-hybridized carbons (Fsp3) is 0.0417. The first-order valence-electron chi connectivity index (χ1n) is 9.43. The molecule has 0 radical (unpaired) electrons. The van der Waals surface area contributed by atoms with E-state index in [1.807, 2.05) is 25.1 Å². The lowest BCUT2D eigenvalue weighted by Crippen LogP contribution is -2.35. The van der Waals surface area contributed by atoms with Crippen LogP contribution in [-0.2, 0) is 9.59 Å². The van der Waals surface area contributed by atoms with E-state index in [-0.39, 0.29) is 11.3 Å². The van der Waals surface area contributed by atoms with Gasteiger partial charge >= 0.3 is 5.97 Å². The van der Waals surface area contributed by atoms with Crippen molar-refractivity contribution < 1.29 is 19.1 Å². The lowest BCUT2D eigenvalue weighted by molar-refractivity contribution is -0.117. The highest BCUT2D eigenvalue weighted by Crippen LogP contribution is 2.28. The van der Waals surface area contributed by atoms with Crippen LogP contribution in [0.2, 0.25) is 0 Å². The molecule has 1 fully saturated rings. The SMILES string of the molecule is Cc1ccc(C(=O)Oc2ccc(Br)cc2C=C2C(=O)NN(c3ccccc3)C2=O)cc1. The van der Waals surface area contributed by atoms with Gasteiger partial charge in [-0.1, -0.05) is 51.8 Å². The molecule has 1 aliphatic rings. The predicted octanol–water partition coefficient (Wildman–Crippen LogP) is 4.44. The number of amides is 2. The van der Waals surface area contributed by atoms with E-state index in [1.165, 1.54) is 11.1 Å². The van der Waals surface area contributed by atoms with Crippen molar-refractivity contribution in [3.63, 3.8) is 0 Å². The molecular formula is C24H17BrN2O4. The second kappa shape index (κ2) is 8.57. The van der Waals surface area contributed by atoms with E-state index in [0.717, 1.165) is 5.56 Å². The summed E-state index contributed by atoms with van der Waals surface area (Å²) >= 11 is 3.38. The van der Waals surface area contributed by atoms with Gasteiger partial charge in [-0.05, 0) is 55.5 Å². The first-order chi connectivity index (χ1) is 14.9. The van der Waals surface area contributed by atoms with Crippen molar-refractivity contribution in [2.75, 3.05) is 5.01 Å². The van der Waals surface area contributed by atoms with E-state index < -0.39 is 17.8 Å². The minimum Gasteiger partial charge on any atom is -0.422 e. The van der Waals surface area contributed by atoms with E-state index in [1.54, 1.807) is 54.6 Å². The maximum absolute atomic E-state index is 12.8. The van der Waals surface area contributed by atoms with Gasteiger partial charge in [-0.15, -0.1) is 0 Å². The maximum atomic E-state index is 12.8. The van der Waals surface area contributed by atoms with Gasteiger partial charge in [0.25, 0.3) is 11.8 Å². The molecule has 0 aromatic heterocycles.